The molecule has 32 heavy (non-hydrogen) atoms. The fourth-order valence-electron chi connectivity index (χ4n) is 3.46. The van der Waals surface area contributed by atoms with Crippen molar-refractivity contribution in [3.05, 3.63) is 48.4 Å². The van der Waals surface area contributed by atoms with Crippen LogP contribution in [0.1, 0.15) is 26.2 Å². The molecule has 3 aromatic heterocycles. The second kappa shape index (κ2) is 10.4. The highest BCUT2D eigenvalue weighted by molar-refractivity contribution is 7.16. The third-order valence-electron chi connectivity index (χ3n) is 5.04. The minimum atomic E-state index is -0.295. The maximum atomic E-state index is 12.6. The van der Waals surface area contributed by atoms with E-state index >= 15 is 0 Å². The highest BCUT2D eigenvalue weighted by atomic mass is 35.5. The summed E-state index contributed by atoms with van der Waals surface area (Å²) in [6, 6.07) is 1.99. The summed E-state index contributed by atoms with van der Waals surface area (Å²) in [6.45, 7) is 6.25. The number of aliphatic hydroxyl groups excluding tert-OH is 1. The lowest BCUT2D eigenvalue weighted by Crippen LogP contribution is -2.47. The molecule has 1 aliphatic rings. The van der Waals surface area contributed by atoms with E-state index in [0.717, 1.165) is 42.7 Å². The van der Waals surface area contributed by atoms with Crippen molar-refractivity contribution in [2.75, 3.05) is 49.5 Å². The maximum absolute atomic E-state index is 12.6. The second-order valence-electron chi connectivity index (χ2n) is 7.30. The molecule has 0 bridgehead atoms. The Balaban J connectivity index is 1.42. The predicted octanol–water partition coefficient (Wildman–Crippen LogP) is 3.57. The SMILES string of the molecule is Cc1nc(Cc2ncc(C(=O)Nc3c(Cl)csc3Cl)s2)cc(N2CCN(CCO)CC2)n1. The Morgan fingerprint density at radius 3 is 2.72 bits per heavy atom. The van der Waals surface area contributed by atoms with Gasteiger partial charge in [-0.1, -0.05) is 23.2 Å². The summed E-state index contributed by atoms with van der Waals surface area (Å²) < 4.78 is 0.439. The van der Waals surface area contributed by atoms with Gasteiger partial charge in [-0.2, -0.15) is 0 Å². The van der Waals surface area contributed by atoms with Gasteiger partial charge in [-0.25, -0.2) is 15.0 Å². The van der Waals surface area contributed by atoms with E-state index in [4.69, 9.17) is 28.3 Å². The van der Waals surface area contributed by atoms with Gasteiger partial charge in [0.25, 0.3) is 5.91 Å². The molecule has 0 spiro atoms. The molecule has 0 aliphatic carbocycles. The van der Waals surface area contributed by atoms with Crippen LogP contribution in [0.3, 0.4) is 0 Å². The lowest BCUT2D eigenvalue weighted by Gasteiger charge is -2.35. The zero-order valence-corrected chi connectivity index (χ0v) is 20.5. The largest absolute Gasteiger partial charge is 0.395 e. The summed E-state index contributed by atoms with van der Waals surface area (Å²) in [5, 5.41) is 14.8. The first-order chi connectivity index (χ1) is 15.4. The smallest absolute Gasteiger partial charge is 0.267 e. The number of nitrogens with one attached hydrogen (secondary N) is 1. The summed E-state index contributed by atoms with van der Waals surface area (Å²) in [7, 11) is 0. The Kier molecular flexibility index (Phi) is 7.59. The number of thiazole rings is 1. The Bertz CT molecular complexity index is 1080. The van der Waals surface area contributed by atoms with E-state index in [1.165, 1.54) is 22.7 Å². The van der Waals surface area contributed by atoms with Crippen molar-refractivity contribution >= 4 is 63.3 Å². The van der Waals surface area contributed by atoms with Crippen LogP contribution < -0.4 is 10.2 Å². The van der Waals surface area contributed by atoms with Crippen molar-refractivity contribution in [1.29, 1.82) is 0 Å². The second-order valence-corrected chi connectivity index (χ2v) is 10.3. The minimum Gasteiger partial charge on any atom is -0.395 e. The predicted molar refractivity (Wildman–Crippen MR) is 130 cm³/mol. The molecule has 4 heterocycles. The third-order valence-corrected chi connectivity index (χ3v) is 7.68. The van der Waals surface area contributed by atoms with Crippen LogP contribution in [0, 0.1) is 6.92 Å². The Labute approximate surface area is 203 Å². The standard InChI is InChI=1S/C20H22Cl2N6O2S2/c1-12-24-13(8-16(25-12)28-4-2-27(3-5-28)6-7-29)9-17-23-10-15(32-17)20(30)26-18-14(21)11-31-19(18)22/h8,10-11,29H,2-7,9H2,1H3,(H,26,30). The summed E-state index contributed by atoms with van der Waals surface area (Å²) in [6.07, 6.45) is 2.07. The van der Waals surface area contributed by atoms with E-state index in [0.29, 0.717) is 38.7 Å². The molecule has 8 nitrogen and oxygen atoms in total. The number of aliphatic hydroxyl groups is 1. The molecule has 0 radical (unpaired) electrons. The van der Waals surface area contributed by atoms with Gasteiger partial charge >= 0.3 is 0 Å². The van der Waals surface area contributed by atoms with Crippen molar-refractivity contribution in [3.63, 3.8) is 0 Å². The number of β-amino-alcohol motifs (C(OH)–C–C–N with tert-alkyl or cyclic N) is 1. The zero-order chi connectivity index (χ0) is 22.7. The highest BCUT2D eigenvalue weighted by Crippen LogP contribution is 2.36. The number of rotatable bonds is 7. The Morgan fingerprint density at radius 1 is 1.25 bits per heavy atom. The van der Waals surface area contributed by atoms with Crippen molar-refractivity contribution in [2.24, 2.45) is 0 Å². The molecule has 3 aromatic rings. The fraction of sp³-hybridized carbons (Fsp3) is 0.400. The number of piperazine rings is 1. The number of carbonyl (C=O) groups is 1. The topological polar surface area (TPSA) is 94.5 Å². The molecular formula is C20H22Cl2N6O2S2. The molecule has 170 valence electrons. The van der Waals surface area contributed by atoms with Crippen molar-refractivity contribution in [2.45, 2.75) is 13.3 Å². The molecular weight excluding hydrogens is 491 g/mol. The van der Waals surface area contributed by atoms with Gasteiger partial charge in [0.05, 0.1) is 34.2 Å². The number of aromatic nitrogens is 3. The van der Waals surface area contributed by atoms with E-state index in [1.54, 1.807) is 11.6 Å². The van der Waals surface area contributed by atoms with Crippen molar-refractivity contribution < 1.29 is 9.90 Å². The molecule has 0 saturated carbocycles. The molecule has 4 rings (SSSR count). The number of hydrogen-bond acceptors (Lipinski definition) is 9. The monoisotopic (exact) mass is 512 g/mol. The lowest BCUT2D eigenvalue weighted by molar-refractivity contribution is 0.103. The molecule has 0 atom stereocenters. The summed E-state index contributed by atoms with van der Waals surface area (Å²) in [4.78, 5) is 31.1. The quantitative estimate of drug-likeness (QED) is 0.499. The van der Waals surface area contributed by atoms with Crippen LogP contribution in [0.15, 0.2) is 17.6 Å². The zero-order valence-electron chi connectivity index (χ0n) is 17.3. The molecule has 1 saturated heterocycles. The molecule has 0 aromatic carbocycles. The van der Waals surface area contributed by atoms with Gasteiger partial charge in [0, 0.05) is 50.6 Å². The van der Waals surface area contributed by atoms with Crippen LogP contribution in [0.4, 0.5) is 11.5 Å². The first kappa shape index (κ1) is 23.3. The van der Waals surface area contributed by atoms with Crippen LogP contribution in [0.5, 0.6) is 0 Å². The van der Waals surface area contributed by atoms with Crippen molar-refractivity contribution in [1.82, 2.24) is 19.9 Å². The van der Waals surface area contributed by atoms with Crippen LogP contribution in [-0.4, -0.2) is 70.2 Å². The number of nitrogens with zero attached hydrogens (tertiary/aromatic N) is 5. The van der Waals surface area contributed by atoms with E-state index in [9.17, 15) is 4.79 Å². The molecule has 1 fully saturated rings. The maximum Gasteiger partial charge on any atom is 0.267 e. The van der Waals surface area contributed by atoms with Crippen molar-refractivity contribution in [3.8, 4) is 0 Å². The molecule has 0 unspecified atom stereocenters. The Hall–Kier alpha value is -1.82. The average molecular weight is 513 g/mol. The number of amides is 1. The van der Waals surface area contributed by atoms with Crippen LogP contribution in [-0.2, 0) is 6.42 Å². The van der Waals surface area contributed by atoms with Gasteiger partial charge in [-0.05, 0) is 6.92 Å². The first-order valence-corrected chi connectivity index (χ1v) is 12.5. The lowest BCUT2D eigenvalue weighted by atomic mass is 10.2. The highest BCUT2D eigenvalue weighted by Gasteiger charge is 2.20. The van der Waals surface area contributed by atoms with Gasteiger partial charge in [-0.15, -0.1) is 22.7 Å². The first-order valence-electron chi connectivity index (χ1n) is 10.0. The fourth-order valence-corrected chi connectivity index (χ4v) is 5.55. The summed E-state index contributed by atoms with van der Waals surface area (Å²) >= 11 is 14.7. The number of hydrogen-bond donors (Lipinski definition) is 2. The normalized spacial score (nSPS) is 14.7. The van der Waals surface area contributed by atoms with Gasteiger partial charge in [0.2, 0.25) is 0 Å². The van der Waals surface area contributed by atoms with Crippen LogP contribution in [0.2, 0.25) is 9.36 Å². The van der Waals surface area contributed by atoms with Gasteiger partial charge < -0.3 is 15.3 Å². The summed E-state index contributed by atoms with van der Waals surface area (Å²) in [5.41, 5.74) is 1.28. The number of thiophene rings is 1. The minimum absolute atomic E-state index is 0.179. The van der Waals surface area contributed by atoms with E-state index in [-0.39, 0.29) is 12.5 Å². The average Bonchev–Trinajstić information content (AvgIpc) is 3.36. The van der Waals surface area contributed by atoms with E-state index in [2.05, 4.69) is 30.1 Å². The molecule has 12 heteroatoms. The van der Waals surface area contributed by atoms with Gasteiger partial charge in [0.15, 0.2) is 0 Å². The van der Waals surface area contributed by atoms with Crippen LogP contribution >= 0.6 is 45.9 Å². The van der Waals surface area contributed by atoms with E-state index in [1.807, 2.05) is 13.0 Å². The number of anilines is 2. The van der Waals surface area contributed by atoms with E-state index < -0.39 is 0 Å². The number of aryl methyl sites for hydroxylation is 1. The van der Waals surface area contributed by atoms with Crippen LogP contribution in [0.25, 0.3) is 0 Å². The molecule has 1 amide bonds. The molecule has 2 N–H and O–H groups in total. The third kappa shape index (κ3) is 5.56. The Morgan fingerprint density at radius 2 is 2.03 bits per heavy atom. The van der Waals surface area contributed by atoms with Gasteiger partial charge in [0.1, 0.15) is 20.9 Å². The van der Waals surface area contributed by atoms with Gasteiger partial charge in [-0.3, -0.25) is 9.69 Å². The summed E-state index contributed by atoms with van der Waals surface area (Å²) in [5.74, 6) is 1.30. The number of halogens is 2. The molecule has 1 aliphatic heterocycles. The number of carbonyl (C=O) groups excluding carboxylic acids is 1.